The van der Waals surface area contributed by atoms with Crippen LogP contribution in [0.2, 0.25) is 0 Å². The molecule has 0 saturated heterocycles. The van der Waals surface area contributed by atoms with E-state index in [1.807, 2.05) is 0 Å². The third-order valence-corrected chi connectivity index (χ3v) is 6.37. The first-order valence-electron chi connectivity index (χ1n) is 9.47. The Balaban J connectivity index is 2.37. The summed E-state index contributed by atoms with van der Waals surface area (Å²) >= 11 is 0. The van der Waals surface area contributed by atoms with Crippen molar-refractivity contribution in [2.75, 3.05) is 23.0 Å². The molecule has 0 spiro atoms. The summed E-state index contributed by atoms with van der Waals surface area (Å²) in [7, 11) is -3.08. The second-order valence-electron chi connectivity index (χ2n) is 7.01. The minimum Gasteiger partial charge on any atom is -0.399 e. The molecule has 4 N–H and O–H groups in total. The van der Waals surface area contributed by atoms with Gasteiger partial charge in [-0.1, -0.05) is 17.9 Å². The average Bonchev–Trinajstić information content (AvgIpc) is 2.70. The molecular formula is C22H24N4O4S. The number of carbonyl (C=O) groups excluding carboxylic acids is 3. The van der Waals surface area contributed by atoms with Crippen LogP contribution in [-0.4, -0.2) is 38.2 Å². The molecule has 2 rings (SSSR count). The number of Topliss-reactive ketones (excluding diaryl/α,β-unsaturated/α-hetero) is 2. The van der Waals surface area contributed by atoms with Crippen LogP contribution < -0.4 is 11.5 Å². The molecule has 31 heavy (non-hydrogen) atoms. The van der Waals surface area contributed by atoms with Gasteiger partial charge in [0.05, 0.1) is 20.9 Å². The van der Waals surface area contributed by atoms with Crippen LogP contribution >= 0.6 is 0 Å². The van der Waals surface area contributed by atoms with Gasteiger partial charge in [0.2, 0.25) is 0 Å². The monoisotopic (exact) mass is 440 g/mol. The third-order valence-electron chi connectivity index (χ3n) is 4.19. The summed E-state index contributed by atoms with van der Waals surface area (Å²) in [6.45, 7) is 2.73. The molecule has 0 atom stereocenters. The summed E-state index contributed by atoms with van der Waals surface area (Å²) in [4.78, 5) is 39.3. The number of aromatic nitrogens is 1. The van der Waals surface area contributed by atoms with Crippen molar-refractivity contribution < 1.29 is 18.6 Å². The predicted molar refractivity (Wildman–Crippen MR) is 121 cm³/mol. The number of anilines is 2. The van der Waals surface area contributed by atoms with E-state index in [9.17, 15) is 18.6 Å². The lowest BCUT2D eigenvalue weighted by Crippen LogP contribution is -2.17. The summed E-state index contributed by atoms with van der Waals surface area (Å²) in [6.07, 6.45) is 1.23. The second-order valence-corrected chi connectivity index (χ2v) is 9.56. The summed E-state index contributed by atoms with van der Waals surface area (Å²) < 4.78 is 17.0. The van der Waals surface area contributed by atoms with E-state index in [1.54, 1.807) is 24.3 Å². The molecule has 1 amide bonds. The summed E-state index contributed by atoms with van der Waals surface area (Å²) in [5.74, 6) is 4.57. The molecular weight excluding hydrogens is 416 g/mol. The summed E-state index contributed by atoms with van der Waals surface area (Å²) in [5, 5.41) is 0. The van der Waals surface area contributed by atoms with E-state index in [4.69, 9.17) is 11.5 Å². The number of rotatable bonds is 7. The molecule has 0 radical (unpaired) electrons. The Labute approximate surface area is 181 Å². The number of benzene rings is 1. The Morgan fingerprint density at radius 1 is 1.03 bits per heavy atom. The Kier molecular flexibility index (Phi) is 8.05. The lowest BCUT2D eigenvalue weighted by Gasteiger charge is -2.08. The molecule has 1 aromatic heterocycles. The first kappa shape index (κ1) is 23.8. The normalized spacial score (nSPS) is 10.6. The Morgan fingerprint density at radius 2 is 1.68 bits per heavy atom. The van der Waals surface area contributed by atoms with Crippen molar-refractivity contribution in [2.24, 2.45) is 4.36 Å². The highest BCUT2D eigenvalue weighted by Gasteiger charge is 2.17. The van der Waals surface area contributed by atoms with Crippen molar-refractivity contribution in [3.05, 3.63) is 53.2 Å². The molecule has 0 aliphatic heterocycles. The number of amides is 1. The minimum atomic E-state index is -3.08. The third kappa shape index (κ3) is 7.68. The highest BCUT2D eigenvalue weighted by molar-refractivity contribution is 7.93. The van der Waals surface area contributed by atoms with Gasteiger partial charge in [-0.2, -0.15) is 4.36 Å². The van der Waals surface area contributed by atoms with Gasteiger partial charge in [0, 0.05) is 41.8 Å². The predicted octanol–water partition coefficient (Wildman–Crippen LogP) is 2.21. The topological polar surface area (TPSA) is 146 Å². The first-order chi connectivity index (χ1) is 14.6. The van der Waals surface area contributed by atoms with E-state index in [1.165, 1.54) is 26.1 Å². The van der Waals surface area contributed by atoms with Crippen molar-refractivity contribution in [2.45, 2.75) is 26.7 Å². The van der Waals surface area contributed by atoms with Crippen LogP contribution in [0.5, 0.6) is 0 Å². The maximum Gasteiger partial charge on any atom is 0.286 e. The van der Waals surface area contributed by atoms with Gasteiger partial charge in [0.1, 0.15) is 17.4 Å². The van der Waals surface area contributed by atoms with Crippen molar-refractivity contribution in [1.29, 1.82) is 0 Å². The number of nitrogens with two attached hydrogens (primary N) is 2. The fourth-order valence-corrected chi connectivity index (χ4v) is 4.46. The number of carbonyl (C=O) groups is 3. The fourth-order valence-electron chi connectivity index (χ4n) is 2.45. The van der Waals surface area contributed by atoms with Crippen LogP contribution in [0.1, 0.15) is 48.2 Å². The molecule has 0 aliphatic rings. The van der Waals surface area contributed by atoms with Crippen LogP contribution in [-0.2, 0) is 19.3 Å². The maximum atomic E-state index is 13.1. The van der Waals surface area contributed by atoms with Gasteiger partial charge in [-0.25, -0.2) is 9.19 Å². The van der Waals surface area contributed by atoms with Crippen molar-refractivity contribution in [3.8, 4) is 11.8 Å². The van der Waals surface area contributed by atoms with Gasteiger partial charge in [-0.3, -0.25) is 14.4 Å². The zero-order valence-corrected chi connectivity index (χ0v) is 18.2. The van der Waals surface area contributed by atoms with Gasteiger partial charge in [0.25, 0.3) is 5.91 Å². The van der Waals surface area contributed by atoms with Gasteiger partial charge >= 0.3 is 0 Å². The number of hydrogen-bond acceptors (Lipinski definition) is 7. The molecule has 0 unspecified atom stereocenters. The Morgan fingerprint density at radius 3 is 2.26 bits per heavy atom. The maximum absolute atomic E-state index is 13.1. The number of nitrogens with zero attached hydrogens (tertiary/aromatic N) is 2. The standard InChI is InChI=1S/C22H24N4O4S/c1-15(27)8-10-31(30,11-9-16(2)28)26-22(29)19-13-18(21(24)25-14-19)7-6-17-4-3-5-20(23)12-17/h3-5,12-14H,8-11,23H2,1-2H3,(H2,24,25). The SMILES string of the molecule is CC(=O)CCS(=O)(CCC(C)=O)=NC(=O)c1cnc(N)c(C#Cc2cccc(N)c2)c1. The van der Waals surface area contributed by atoms with E-state index in [-0.39, 0.29) is 47.3 Å². The van der Waals surface area contributed by atoms with Crippen LogP contribution in [0.15, 0.2) is 40.9 Å². The lowest BCUT2D eigenvalue weighted by molar-refractivity contribution is -0.117. The van der Waals surface area contributed by atoms with Crippen molar-refractivity contribution in [1.82, 2.24) is 4.98 Å². The van der Waals surface area contributed by atoms with Crippen LogP contribution in [0.4, 0.5) is 11.5 Å². The van der Waals surface area contributed by atoms with E-state index in [0.29, 0.717) is 16.8 Å². The minimum absolute atomic E-state index is 0.00440. The van der Waals surface area contributed by atoms with Crippen LogP contribution in [0, 0.1) is 11.8 Å². The van der Waals surface area contributed by atoms with Gasteiger partial charge < -0.3 is 11.5 Å². The van der Waals surface area contributed by atoms with Crippen molar-refractivity contribution in [3.63, 3.8) is 0 Å². The fraction of sp³-hybridized carbons (Fsp3) is 0.273. The van der Waals surface area contributed by atoms with E-state index >= 15 is 0 Å². The first-order valence-corrected chi connectivity index (χ1v) is 11.3. The number of pyridine rings is 1. The molecule has 9 heteroatoms. The zero-order valence-electron chi connectivity index (χ0n) is 17.4. The van der Waals surface area contributed by atoms with Gasteiger partial charge in [-0.15, -0.1) is 0 Å². The van der Waals surface area contributed by atoms with Crippen LogP contribution in [0.3, 0.4) is 0 Å². The Hall–Kier alpha value is -3.51. The lowest BCUT2D eigenvalue weighted by atomic mass is 10.1. The average molecular weight is 441 g/mol. The smallest absolute Gasteiger partial charge is 0.286 e. The molecule has 8 nitrogen and oxygen atoms in total. The molecule has 0 saturated carbocycles. The quantitative estimate of drug-likeness (QED) is 0.496. The Bertz CT molecular complexity index is 1180. The van der Waals surface area contributed by atoms with E-state index < -0.39 is 15.6 Å². The van der Waals surface area contributed by atoms with Crippen molar-refractivity contribution >= 4 is 38.7 Å². The number of ketones is 2. The van der Waals surface area contributed by atoms with Gasteiger partial charge in [-0.05, 0) is 38.1 Å². The molecule has 0 fully saturated rings. The molecule has 0 bridgehead atoms. The summed E-state index contributed by atoms with van der Waals surface area (Å²) in [5.41, 5.74) is 13.2. The number of nitrogen functional groups attached to an aromatic ring is 2. The highest BCUT2D eigenvalue weighted by atomic mass is 32.2. The van der Waals surface area contributed by atoms with Gasteiger partial charge in [0.15, 0.2) is 0 Å². The summed E-state index contributed by atoms with van der Waals surface area (Å²) in [6, 6.07) is 8.38. The molecule has 0 aliphatic carbocycles. The molecule has 1 heterocycles. The second kappa shape index (κ2) is 10.5. The molecule has 2 aromatic rings. The van der Waals surface area contributed by atoms with E-state index in [0.717, 1.165) is 0 Å². The zero-order chi connectivity index (χ0) is 23.0. The molecule has 1 aromatic carbocycles. The largest absolute Gasteiger partial charge is 0.399 e. The van der Waals surface area contributed by atoms with Crippen LogP contribution in [0.25, 0.3) is 0 Å². The highest BCUT2D eigenvalue weighted by Crippen LogP contribution is 2.14. The molecule has 162 valence electrons. The van der Waals surface area contributed by atoms with E-state index in [2.05, 4.69) is 21.2 Å². The number of hydrogen-bond donors (Lipinski definition) is 2.